The number of rotatable bonds is 4. The molecule has 4 nitrogen and oxygen atoms in total. The summed E-state index contributed by atoms with van der Waals surface area (Å²) in [4.78, 5) is 8.15. The third-order valence-corrected chi connectivity index (χ3v) is 3.06. The van der Waals surface area contributed by atoms with E-state index in [9.17, 15) is 4.39 Å². The van der Waals surface area contributed by atoms with Gasteiger partial charge >= 0.3 is 0 Å². The number of aromatic nitrogens is 2. The van der Waals surface area contributed by atoms with Gasteiger partial charge in [0.05, 0.1) is 7.11 Å². The van der Waals surface area contributed by atoms with Gasteiger partial charge < -0.3 is 10.1 Å². The van der Waals surface area contributed by atoms with Gasteiger partial charge in [0.2, 0.25) is 11.8 Å². The van der Waals surface area contributed by atoms with E-state index >= 15 is 0 Å². The third-order valence-electron chi connectivity index (χ3n) is 2.28. The lowest BCUT2D eigenvalue weighted by Crippen LogP contribution is -2.04. The third kappa shape index (κ3) is 3.16. The molecule has 0 aliphatic carbocycles. The molecule has 1 aromatic carbocycles. The van der Waals surface area contributed by atoms with Crippen LogP contribution in [-0.4, -0.2) is 17.1 Å². The van der Waals surface area contributed by atoms with E-state index in [1.807, 2.05) is 0 Å². The number of ether oxygens (including phenoxy) is 1. The normalized spacial score (nSPS) is 10.2. The van der Waals surface area contributed by atoms with E-state index in [0.29, 0.717) is 18.4 Å². The van der Waals surface area contributed by atoms with Crippen molar-refractivity contribution in [2.75, 3.05) is 12.4 Å². The molecule has 0 fully saturated rings. The molecule has 6 heteroatoms. The van der Waals surface area contributed by atoms with E-state index in [4.69, 9.17) is 4.74 Å². The molecule has 2 rings (SSSR count). The molecule has 0 aliphatic rings. The molecule has 0 aliphatic heterocycles. The minimum Gasteiger partial charge on any atom is -0.481 e. The number of hydrogen-bond donors (Lipinski definition) is 1. The predicted octanol–water partition coefficient (Wildman–Crippen LogP) is 3.00. The first-order valence-electron chi connectivity index (χ1n) is 5.24. The van der Waals surface area contributed by atoms with Gasteiger partial charge in [-0.25, -0.2) is 9.37 Å². The quantitative estimate of drug-likeness (QED) is 0.943. The van der Waals surface area contributed by atoms with Crippen LogP contribution in [0.4, 0.5) is 10.3 Å². The summed E-state index contributed by atoms with van der Waals surface area (Å²) in [6.07, 6.45) is 1.59. The molecule has 0 unspecified atom stereocenters. The van der Waals surface area contributed by atoms with Gasteiger partial charge in [-0.3, -0.25) is 0 Å². The van der Waals surface area contributed by atoms with Crippen LogP contribution in [0.25, 0.3) is 0 Å². The number of benzene rings is 1. The van der Waals surface area contributed by atoms with Gasteiger partial charge in [0, 0.05) is 23.3 Å². The van der Waals surface area contributed by atoms with Crippen molar-refractivity contribution in [3.05, 3.63) is 46.3 Å². The smallest absolute Gasteiger partial charge is 0.226 e. The number of nitrogens with one attached hydrogen (secondary N) is 1. The van der Waals surface area contributed by atoms with E-state index in [2.05, 4.69) is 31.2 Å². The van der Waals surface area contributed by atoms with Crippen LogP contribution in [0.5, 0.6) is 5.88 Å². The maximum atomic E-state index is 13.1. The van der Waals surface area contributed by atoms with Crippen molar-refractivity contribution < 1.29 is 9.13 Å². The fraction of sp³-hybridized carbons (Fsp3) is 0.167. The standard InChI is InChI=1S/C12H11BrFN3O/c1-18-11-4-5-15-12(17-11)16-7-8-6-9(14)2-3-10(8)13/h2-6H,7H2,1H3,(H,15,16,17). The van der Waals surface area contributed by atoms with Crippen LogP contribution < -0.4 is 10.1 Å². The predicted molar refractivity (Wildman–Crippen MR) is 70.0 cm³/mol. The molecule has 1 heterocycles. The summed E-state index contributed by atoms with van der Waals surface area (Å²) < 4.78 is 18.9. The molecule has 0 radical (unpaired) electrons. The Morgan fingerprint density at radius 2 is 2.22 bits per heavy atom. The number of hydrogen-bond acceptors (Lipinski definition) is 4. The van der Waals surface area contributed by atoms with Crippen molar-refractivity contribution in [3.63, 3.8) is 0 Å². The van der Waals surface area contributed by atoms with Gasteiger partial charge in [-0.05, 0) is 23.8 Å². The molecule has 1 aromatic heterocycles. The van der Waals surface area contributed by atoms with Gasteiger partial charge in [-0.2, -0.15) is 4.98 Å². The van der Waals surface area contributed by atoms with Crippen molar-refractivity contribution in [2.24, 2.45) is 0 Å². The Bertz CT molecular complexity index is 551. The molecular formula is C12H11BrFN3O. The van der Waals surface area contributed by atoms with Crippen LogP contribution in [0.1, 0.15) is 5.56 Å². The molecule has 2 aromatic rings. The molecule has 0 amide bonds. The summed E-state index contributed by atoms with van der Waals surface area (Å²) in [6.45, 7) is 0.422. The Labute approximate surface area is 112 Å². The summed E-state index contributed by atoms with van der Waals surface area (Å²) in [5.74, 6) is 0.637. The van der Waals surface area contributed by atoms with Crippen molar-refractivity contribution in [2.45, 2.75) is 6.54 Å². The van der Waals surface area contributed by atoms with Crippen LogP contribution >= 0.6 is 15.9 Å². The minimum absolute atomic E-state index is 0.276. The van der Waals surface area contributed by atoms with Crippen LogP contribution in [0.2, 0.25) is 0 Å². The summed E-state index contributed by atoms with van der Waals surface area (Å²) in [6, 6.07) is 6.18. The van der Waals surface area contributed by atoms with Gasteiger partial charge in [-0.1, -0.05) is 15.9 Å². The zero-order valence-corrected chi connectivity index (χ0v) is 11.2. The van der Waals surface area contributed by atoms with Crippen molar-refractivity contribution in [3.8, 4) is 5.88 Å². The zero-order valence-electron chi connectivity index (χ0n) is 9.65. The first kappa shape index (κ1) is 12.8. The average molecular weight is 312 g/mol. The van der Waals surface area contributed by atoms with E-state index in [-0.39, 0.29) is 5.82 Å². The first-order valence-corrected chi connectivity index (χ1v) is 6.03. The second-order valence-corrected chi connectivity index (χ2v) is 4.37. The lowest BCUT2D eigenvalue weighted by molar-refractivity contribution is 0.397. The number of halogens is 2. The van der Waals surface area contributed by atoms with Gasteiger partial charge in [-0.15, -0.1) is 0 Å². The topological polar surface area (TPSA) is 47.0 Å². The lowest BCUT2D eigenvalue weighted by atomic mass is 10.2. The summed E-state index contributed by atoms with van der Waals surface area (Å²) in [7, 11) is 1.54. The fourth-order valence-electron chi connectivity index (χ4n) is 1.39. The highest BCUT2D eigenvalue weighted by Crippen LogP contribution is 2.18. The van der Waals surface area contributed by atoms with E-state index in [0.717, 1.165) is 10.0 Å². The number of nitrogens with zero attached hydrogens (tertiary/aromatic N) is 2. The van der Waals surface area contributed by atoms with Crippen molar-refractivity contribution in [1.29, 1.82) is 0 Å². The lowest BCUT2D eigenvalue weighted by Gasteiger charge is -2.07. The molecule has 0 saturated carbocycles. The molecule has 0 atom stereocenters. The van der Waals surface area contributed by atoms with E-state index < -0.39 is 0 Å². The minimum atomic E-state index is -0.276. The Kier molecular flexibility index (Phi) is 4.09. The average Bonchev–Trinajstić information content (AvgIpc) is 2.40. The van der Waals surface area contributed by atoms with E-state index in [1.54, 1.807) is 18.3 Å². The summed E-state index contributed by atoms with van der Waals surface area (Å²) >= 11 is 3.36. The fourth-order valence-corrected chi connectivity index (χ4v) is 1.78. The molecule has 94 valence electrons. The van der Waals surface area contributed by atoms with Gasteiger partial charge in [0.25, 0.3) is 0 Å². The van der Waals surface area contributed by atoms with E-state index in [1.165, 1.54) is 19.2 Å². The van der Waals surface area contributed by atoms with Crippen molar-refractivity contribution >= 4 is 21.9 Å². The zero-order chi connectivity index (χ0) is 13.0. The second kappa shape index (κ2) is 5.77. The Hall–Kier alpha value is -1.69. The molecule has 0 bridgehead atoms. The SMILES string of the molecule is COc1ccnc(NCc2cc(F)ccc2Br)n1. The maximum absolute atomic E-state index is 13.1. The molecule has 0 saturated heterocycles. The molecular weight excluding hydrogens is 301 g/mol. The highest BCUT2D eigenvalue weighted by atomic mass is 79.9. The molecule has 1 N–H and O–H groups in total. The van der Waals surface area contributed by atoms with Crippen molar-refractivity contribution in [1.82, 2.24) is 9.97 Å². The highest BCUT2D eigenvalue weighted by Gasteiger charge is 2.03. The summed E-state index contributed by atoms with van der Waals surface area (Å²) in [5, 5.41) is 3.00. The van der Waals surface area contributed by atoms with Crippen LogP contribution in [0, 0.1) is 5.82 Å². The maximum Gasteiger partial charge on any atom is 0.226 e. The Balaban J connectivity index is 2.08. The molecule has 0 spiro atoms. The summed E-state index contributed by atoms with van der Waals surface area (Å²) in [5.41, 5.74) is 0.793. The van der Waals surface area contributed by atoms with Crippen LogP contribution in [0.15, 0.2) is 34.9 Å². The Morgan fingerprint density at radius 3 is 3.00 bits per heavy atom. The van der Waals surface area contributed by atoms with Gasteiger partial charge in [0.1, 0.15) is 5.82 Å². The molecule has 18 heavy (non-hydrogen) atoms. The second-order valence-electron chi connectivity index (χ2n) is 3.51. The number of anilines is 1. The van der Waals surface area contributed by atoms with Gasteiger partial charge in [0.15, 0.2) is 0 Å². The van der Waals surface area contributed by atoms with Crippen LogP contribution in [0.3, 0.4) is 0 Å². The highest BCUT2D eigenvalue weighted by molar-refractivity contribution is 9.10. The van der Waals surface area contributed by atoms with Crippen LogP contribution in [-0.2, 0) is 6.54 Å². The monoisotopic (exact) mass is 311 g/mol. The largest absolute Gasteiger partial charge is 0.481 e. The number of methoxy groups -OCH3 is 1. The first-order chi connectivity index (χ1) is 8.69. The Morgan fingerprint density at radius 1 is 1.39 bits per heavy atom.